The maximum absolute atomic E-state index is 12.6. The van der Waals surface area contributed by atoms with Gasteiger partial charge in [-0.05, 0) is 23.8 Å². The summed E-state index contributed by atoms with van der Waals surface area (Å²) in [4.78, 5) is 17.2. The molecule has 0 spiro atoms. The van der Waals surface area contributed by atoms with E-state index in [0.29, 0.717) is 34.0 Å². The summed E-state index contributed by atoms with van der Waals surface area (Å²) in [5.74, 6) is 1.69. The summed E-state index contributed by atoms with van der Waals surface area (Å²) in [5.41, 5.74) is 1.72. The molecule has 0 bridgehead atoms. The first-order valence-corrected chi connectivity index (χ1v) is 8.56. The molecular weight excluding hydrogens is 350 g/mol. The lowest BCUT2D eigenvalue weighted by atomic mass is 10.1. The first kappa shape index (κ1) is 16.5. The monoisotopic (exact) mass is 367 g/mol. The fraction of sp³-hybridized carbons (Fsp3) is 0.211. The van der Waals surface area contributed by atoms with Crippen LogP contribution in [0.15, 0.2) is 42.5 Å². The summed E-state index contributed by atoms with van der Waals surface area (Å²) < 4.78 is 12.9. The Labute approximate surface area is 155 Å². The minimum absolute atomic E-state index is 0.0935. The number of anilines is 1. The van der Waals surface area contributed by atoms with E-state index in [2.05, 4.69) is 10.3 Å². The molecule has 1 atom stereocenters. The second kappa shape index (κ2) is 6.42. The van der Waals surface area contributed by atoms with E-state index in [1.807, 2.05) is 36.4 Å². The van der Waals surface area contributed by atoms with Crippen molar-refractivity contribution in [2.45, 2.75) is 12.5 Å². The van der Waals surface area contributed by atoms with Gasteiger partial charge in [0, 0.05) is 17.9 Å². The summed E-state index contributed by atoms with van der Waals surface area (Å²) in [6, 6.07) is 13.0. The molecule has 26 heavy (non-hydrogen) atoms. The van der Waals surface area contributed by atoms with E-state index in [1.54, 1.807) is 24.9 Å². The third kappa shape index (κ3) is 2.61. The number of methoxy groups -OCH3 is 2. The zero-order chi connectivity index (χ0) is 18.3. The lowest BCUT2D eigenvalue weighted by Crippen LogP contribution is -2.18. The van der Waals surface area contributed by atoms with Gasteiger partial charge in [0.05, 0.1) is 19.7 Å². The number of hydrogen-bond donors (Lipinski definition) is 1. The third-order valence-corrected chi connectivity index (χ3v) is 4.84. The number of fused-ring (bicyclic) bond motifs is 3. The Morgan fingerprint density at radius 2 is 1.85 bits per heavy atom. The highest BCUT2D eigenvalue weighted by atomic mass is 32.1. The number of benzene rings is 2. The van der Waals surface area contributed by atoms with Gasteiger partial charge in [-0.3, -0.25) is 9.36 Å². The van der Waals surface area contributed by atoms with Gasteiger partial charge in [-0.25, -0.2) is 4.98 Å². The van der Waals surface area contributed by atoms with Gasteiger partial charge in [0.1, 0.15) is 11.9 Å². The number of rotatable bonds is 4. The average molecular weight is 367 g/mol. The number of amides is 1. The van der Waals surface area contributed by atoms with E-state index in [1.165, 1.54) is 0 Å². The van der Waals surface area contributed by atoms with Crippen LogP contribution in [0.2, 0.25) is 0 Å². The van der Waals surface area contributed by atoms with Gasteiger partial charge in [-0.1, -0.05) is 30.3 Å². The molecule has 0 saturated carbocycles. The van der Waals surface area contributed by atoms with Crippen LogP contribution >= 0.6 is 12.2 Å². The number of carbonyl (C=O) groups excluding carboxylic acids is 1. The second-order valence-corrected chi connectivity index (χ2v) is 6.40. The fourth-order valence-corrected chi connectivity index (χ4v) is 3.60. The summed E-state index contributed by atoms with van der Waals surface area (Å²) in [5, 5.41) is 3.73. The Balaban J connectivity index is 1.88. The highest BCUT2D eigenvalue weighted by Crippen LogP contribution is 2.38. The van der Waals surface area contributed by atoms with Crippen molar-refractivity contribution >= 4 is 34.8 Å². The first-order chi connectivity index (χ1) is 12.6. The van der Waals surface area contributed by atoms with Crippen LogP contribution in [0.3, 0.4) is 0 Å². The summed E-state index contributed by atoms with van der Waals surface area (Å²) in [6.45, 7) is 0. The minimum atomic E-state index is -0.426. The van der Waals surface area contributed by atoms with Crippen molar-refractivity contribution < 1.29 is 14.3 Å². The van der Waals surface area contributed by atoms with Crippen LogP contribution in [0.5, 0.6) is 11.5 Å². The summed E-state index contributed by atoms with van der Waals surface area (Å²) in [7, 11) is 3.14. The van der Waals surface area contributed by atoms with Crippen LogP contribution in [-0.2, 0) is 11.2 Å². The average Bonchev–Trinajstić information content (AvgIpc) is 2.98. The lowest BCUT2D eigenvalue weighted by Gasteiger charge is -2.14. The number of carbonyl (C=O) groups is 1. The molecule has 1 aliphatic heterocycles. The standard InChI is InChI=1S/C19H17N3O3S/c1-24-15-9-12-13(10-16(15)25-2)20-19(26)22-14(18(23)21-17(12)22)8-11-6-4-3-5-7-11/h3-7,9-10,14H,8H2,1-2H3,(H,21,23). The topological polar surface area (TPSA) is 65.4 Å². The molecule has 1 unspecified atom stereocenters. The van der Waals surface area contributed by atoms with Crippen LogP contribution in [0.1, 0.15) is 11.6 Å². The molecule has 6 nitrogen and oxygen atoms in total. The van der Waals surface area contributed by atoms with Crippen LogP contribution in [-0.4, -0.2) is 29.7 Å². The van der Waals surface area contributed by atoms with Crippen molar-refractivity contribution in [3.63, 3.8) is 0 Å². The Kier molecular flexibility index (Phi) is 4.08. The minimum Gasteiger partial charge on any atom is -0.493 e. The van der Waals surface area contributed by atoms with E-state index < -0.39 is 6.04 Å². The molecule has 0 fully saturated rings. The van der Waals surface area contributed by atoms with Gasteiger partial charge in [-0.15, -0.1) is 0 Å². The number of hydrogen-bond acceptors (Lipinski definition) is 5. The van der Waals surface area contributed by atoms with Crippen molar-refractivity contribution in [2.75, 3.05) is 19.5 Å². The molecule has 0 radical (unpaired) electrons. The van der Waals surface area contributed by atoms with Crippen LogP contribution in [0.25, 0.3) is 10.9 Å². The summed E-state index contributed by atoms with van der Waals surface area (Å²) in [6.07, 6.45) is 0.550. The predicted molar refractivity (Wildman–Crippen MR) is 101 cm³/mol. The predicted octanol–water partition coefficient (Wildman–Crippen LogP) is 3.52. The third-order valence-electron chi connectivity index (χ3n) is 4.55. The van der Waals surface area contributed by atoms with Crippen LogP contribution in [0, 0.1) is 4.77 Å². The van der Waals surface area contributed by atoms with Crippen LogP contribution in [0.4, 0.5) is 5.82 Å². The van der Waals surface area contributed by atoms with E-state index in [-0.39, 0.29) is 5.91 Å². The SMILES string of the molecule is COc1cc2nc(=S)n3c(c2cc1OC)NC(=O)C3Cc1ccccc1. The van der Waals surface area contributed by atoms with Crippen molar-refractivity contribution in [1.29, 1.82) is 0 Å². The number of nitrogens with zero attached hydrogens (tertiary/aromatic N) is 2. The zero-order valence-corrected chi connectivity index (χ0v) is 15.2. The highest BCUT2D eigenvalue weighted by Gasteiger charge is 2.32. The smallest absolute Gasteiger partial charge is 0.249 e. The molecule has 2 heterocycles. The second-order valence-electron chi connectivity index (χ2n) is 6.03. The molecule has 0 aliphatic carbocycles. The van der Waals surface area contributed by atoms with E-state index in [0.717, 1.165) is 10.9 Å². The van der Waals surface area contributed by atoms with E-state index in [4.69, 9.17) is 21.7 Å². The Morgan fingerprint density at radius 1 is 1.15 bits per heavy atom. The number of nitrogens with one attached hydrogen (secondary N) is 1. The number of ether oxygens (including phenoxy) is 2. The maximum atomic E-state index is 12.6. The van der Waals surface area contributed by atoms with Gasteiger partial charge < -0.3 is 14.8 Å². The molecule has 1 amide bonds. The van der Waals surface area contributed by atoms with E-state index in [9.17, 15) is 4.79 Å². The molecule has 3 aromatic rings. The van der Waals surface area contributed by atoms with Gasteiger partial charge in [0.2, 0.25) is 10.7 Å². The Morgan fingerprint density at radius 3 is 2.54 bits per heavy atom. The molecule has 1 N–H and O–H groups in total. The molecule has 2 aromatic carbocycles. The molecule has 1 aliphatic rings. The molecule has 0 saturated heterocycles. The summed E-state index contributed by atoms with van der Waals surface area (Å²) >= 11 is 5.48. The lowest BCUT2D eigenvalue weighted by molar-refractivity contribution is -0.118. The normalized spacial score (nSPS) is 15.6. The molecule has 7 heteroatoms. The molecule has 132 valence electrons. The highest BCUT2D eigenvalue weighted by molar-refractivity contribution is 7.71. The van der Waals surface area contributed by atoms with Gasteiger partial charge in [0.15, 0.2) is 11.5 Å². The van der Waals surface area contributed by atoms with E-state index >= 15 is 0 Å². The molecular formula is C19H17N3O3S. The van der Waals surface area contributed by atoms with Crippen molar-refractivity contribution in [3.05, 3.63) is 52.8 Å². The number of aromatic nitrogens is 2. The van der Waals surface area contributed by atoms with Crippen molar-refractivity contribution in [3.8, 4) is 11.5 Å². The molecule has 1 aromatic heterocycles. The first-order valence-electron chi connectivity index (χ1n) is 8.15. The zero-order valence-electron chi connectivity index (χ0n) is 14.4. The quantitative estimate of drug-likeness (QED) is 0.715. The van der Waals surface area contributed by atoms with Gasteiger partial charge in [-0.2, -0.15) is 0 Å². The van der Waals surface area contributed by atoms with Crippen molar-refractivity contribution in [1.82, 2.24) is 9.55 Å². The fourth-order valence-electron chi connectivity index (χ4n) is 3.29. The largest absolute Gasteiger partial charge is 0.493 e. The van der Waals surface area contributed by atoms with Gasteiger partial charge in [0.25, 0.3) is 0 Å². The maximum Gasteiger partial charge on any atom is 0.249 e. The van der Waals surface area contributed by atoms with Crippen molar-refractivity contribution in [2.24, 2.45) is 0 Å². The van der Waals surface area contributed by atoms with Crippen LogP contribution < -0.4 is 14.8 Å². The molecule has 4 rings (SSSR count). The Hall–Kier alpha value is -2.93. The Bertz CT molecular complexity index is 1060. The van der Waals surface area contributed by atoms with Gasteiger partial charge >= 0.3 is 0 Å².